The minimum absolute atomic E-state index is 0.0624. The highest BCUT2D eigenvalue weighted by atomic mass is 16.5. The van der Waals surface area contributed by atoms with E-state index in [0.29, 0.717) is 22.9 Å². The fourth-order valence-corrected chi connectivity index (χ4v) is 5.78. The number of hydrogen-bond donors (Lipinski definition) is 2. The molecular formula is C42H42N4O6. The molecule has 0 unspecified atom stereocenters. The van der Waals surface area contributed by atoms with Gasteiger partial charge in [-0.2, -0.15) is 0 Å². The summed E-state index contributed by atoms with van der Waals surface area (Å²) in [5, 5.41) is 5.79. The van der Waals surface area contributed by atoms with Gasteiger partial charge in [-0.3, -0.25) is 19.2 Å². The number of rotatable bonds is 14. The van der Waals surface area contributed by atoms with Gasteiger partial charge in [-0.05, 0) is 71.8 Å². The second kappa shape index (κ2) is 17.5. The summed E-state index contributed by atoms with van der Waals surface area (Å²) in [4.78, 5) is 58.9. The zero-order chi connectivity index (χ0) is 37.0. The number of nitrogens with one attached hydrogen (secondary N) is 2. The van der Waals surface area contributed by atoms with Crippen molar-refractivity contribution in [3.8, 4) is 11.5 Å². The van der Waals surface area contributed by atoms with Crippen molar-refractivity contribution < 1.29 is 28.7 Å². The molecule has 0 heterocycles. The molecule has 10 nitrogen and oxygen atoms in total. The topological polar surface area (TPSA) is 117 Å². The molecule has 10 heteroatoms. The van der Waals surface area contributed by atoms with E-state index in [-0.39, 0.29) is 35.8 Å². The first-order valence-electron chi connectivity index (χ1n) is 16.8. The van der Waals surface area contributed by atoms with Gasteiger partial charge in [0.1, 0.15) is 23.6 Å². The van der Waals surface area contributed by atoms with Crippen molar-refractivity contribution in [3.05, 3.63) is 156 Å². The Morgan fingerprint density at radius 1 is 0.500 bits per heavy atom. The number of amides is 4. The van der Waals surface area contributed by atoms with E-state index in [4.69, 9.17) is 9.47 Å². The van der Waals surface area contributed by atoms with Gasteiger partial charge in [0.15, 0.2) is 0 Å². The molecule has 4 amide bonds. The molecule has 0 radical (unpaired) electrons. The molecule has 0 aromatic heterocycles. The van der Waals surface area contributed by atoms with Crippen LogP contribution in [0.1, 0.15) is 31.8 Å². The van der Waals surface area contributed by atoms with Crippen LogP contribution in [0.15, 0.2) is 133 Å². The molecule has 2 N–H and O–H groups in total. The van der Waals surface area contributed by atoms with Crippen molar-refractivity contribution in [2.45, 2.75) is 24.9 Å². The maximum absolute atomic E-state index is 14.0. The van der Waals surface area contributed by atoms with E-state index >= 15 is 0 Å². The van der Waals surface area contributed by atoms with E-state index in [1.165, 1.54) is 21.9 Å². The number of ether oxygens (including phenoxy) is 2. The lowest BCUT2D eigenvalue weighted by atomic mass is 10.0. The first-order valence-corrected chi connectivity index (χ1v) is 16.8. The third-order valence-electron chi connectivity index (χ3n) is 8.77. The first-order chi connectivity index (χ1) is 25.2. The summed E-state index contributed by atoms with van der Waals surface area (Å²) in [5.74, 6) is -0.616. The van der Waals surface area contributed by atoms with E-state index in [1.807, 2.05) is 60.7 Å². The predicted molar refractivity (Wildman–Crippen MR) is 202 cm³/mol. The maximum atomic E-state index is 14.0. The van der Waals surface area contributed by atoms with E-state index in [2.05, 4.69) is 10.6 Å². The summed E-state index contributed by atoms with van der Waals surface area (Å²) in [5.41, 5.74) is 3.05. The molecule has 0 spiro atoms. The van der Waals surface area contributed by atoms with Gasteiger partial charge in [0, 0.05) is 38.3 Å². The summed E-state index contributed by atoms with van der Waals surface area (Å²) in [6, 6.07) is 37.2. The minimum atomic E-state index is -0.969. The largest absolute Gasteiger partial charge is 0.497 e. The summed E-state index contributed by atoms with van der Waals surface area (Å²) in [6.07, 6.45) is 0.428. The van der Waals surface area contributed by atoms with Crippen molar-refractivity contribution in [1.82, 2.24) is 10.6 Å². The Labute approximate surface area is 304 Å². The first kappa shape index (κ1) is 36.9. The molecule has 5 aromatic rings. The Balaban J connectivity index is 1.40. The fourth-order valence-electron chi connectivity index (χ4n) is 5.78. The van der Waals surface area contributed by atoms with Crippen LogP contribution in [0.5, 0.6) is 11.5 Å². The zero-order valence-electron chi connectivity index (χ0n) is 29.6. The molecular weight excluding hydrogens is 656 g/mol. The molecule has 266 valence electrons. The van der Waals surface area contributed by atoms with Gasteiger partial charge < -0.3 is 29.9 Å². The second-order valence-corrected chi connectivity index (χ2v) is 12.2. The predicted octanol–water partition coefficient (Wildman–Crippen LogP) is 5.71. The van der Waals surface area contributed by atoms with Gasteiger partial charge >= 0.3 is 0 Å². The Morgan fingerprint density at radius 3 is 1.15 bits per heavy atom. The number of benzene rings is 5. The molecule has 0 saturated heterocycles. The number of anilines is 2. The summed E-state index contributed by atoms with van der Waals surface area (Å²) in [7, 11) is 6.41. The smallest absolute Gasteiger partial charge is 0.252 e. The lowest BCUT2D eigenvalue weighted by Crippen LogP contribution is -2.50. The van der Waals surface area contributed by atoms with Gasteiger partial charge in [0.25, 0.3) is 11.8 Å². The van der Waals surface area contributed by atoms with Crippen LogP contribution in [0, 0.1) is 0 Å². The van der Waals surface area contributed by atoms with Gasteiger partial charge in [-0.25, -0.2) is 0 Å². The van der Waals surface area contributed by atoms with Crippen LogP contribution in [0.4, 0.5) is 11.4 Å². The highest BCUT2D eigenvalue weighted by Crippen LogP contribution is 2.22. The van der Waals surface area contributed by atoms with E-state index in [1.54, 1.807) is 89.0 Å². The van der Waals surface area contributed by atoms with E-state index < -0.39 is 23.9 Å². The normalized spacial score (nSPS) is 11.8. The summed E-state index contributed by atoms with van der Waals surface area (Å²) < 4.78 is 10.5. The summed E-state index contributed by atoms with van der Waals surface area (Å²) in [6.45, 7) is 0. The monoisotopic (exact) mass is 698 g/mol. The number of carbonyl (C=O) groups is 4. The molecule has 5 aromatic carbocycles. The lowest BCUT2D eigenvalue weighted by molar-refractivity contribution is -0.120. The molecule has 5 rings (SSSR count). The average Bonchev–Trinajstić information content (AvgIpc) is 3.20. The van der Waals surface area contributed by atoms with Crippen LogP contribution < -0.4 is 29.9 Å². The quantitative estimate of drug-likeness (QED) is 0.154. The van der Waals surface area contributed by atoms with Crippen LogP contribution in [0.2, 0.25) is 0 Å². The van der Waals surface area contributed by atoms with Crippen LogP contribution in [0.25, 0.3) is 0 Å². The van der Waals surface area contributed by atoms with Gasteiger partial charge in [-0.15, -0.1) is 0 Å². The number of carbonyl (C=O) groups excluding carboxylic acids is 4. The molecule has 0 fully saturated rings. The number of likely N-dealkylation sites (N-methyl/N-ethyl adjacent to an activating group) is 2. The highest BCUT2D eigenvalue weighted by Gasteiger charge is 2.30. The molecule has 2 atom stereocenters. The Kier molecular flexibility index (Phi) is 12.4. The average molecular weight is 699 g/mol. The maximum Gasteiger partial charge on any atom is 0.252 e. The highest BCUT2D eigenvalue weighted by molar-refractivity contribution is 6.10. The number of methoxy groups -OCH3 is 2. The number of nitrogens with zero attached hydrogens (tertiary/aromatic N) is 2. The Hall–Kier alpha value is -6.42. The van der Waals surface area contributed by atoms with Crippen molar-refractivity contribution in [3.63, 3.8) is 0 Å². The van der Waals surface area contributed by atoms with Crippen molar-refractivity contribution in [1.29, 1.82) is 0 Å². The van der Waals surface area contributed by atoms with Crippen LogP contribution in [-0.4, -0.2) is 64.0 Å². The van der Waals surface area contributed by atoms with Crippen LogP contribution >= 0.6 is 0 Å². The lowest BCUT2D eigenvalue weighted by Gasteiger charge is -2.26. The standard InChI is InChI=1S/C42H42N4O6/c1-45(31-19-23-33(51-3)24-20-31)41(49)37(27-29-13-7-5-8-14-29)43-39(47)35-17-11-12-18-36(35)40(48)44-38(28-30-15-9-6-10-16-30)42(50)46(2)32-21-25-34(52-4)26-22-32/h5-26,37-38H,27-28H2,1-4H3,(H,43,47)(H,44,48)/t37-,38-/m0/s1. The Bertz CT molecular complexity index is 1820. The number of hydrogen-bond acceptors (Lipinski definition) is 6. The van der Waals surface area contributed by atoms with E-state index in [9.17, 15) is 19.2 Å². The molecule has 0 bridgehead atoms. The Morgan fingerprint density at radius 2 is 0.827 bits per heavy atom. The van der Waals surface area contributed by atoms with Gasteiger partial charge in [0.2, 0.25) is 11.8 Å². The molecule has 0 aliphatic carbocycles. The second-order valence-electron chi connectivity index (χ2n) is 12.2. The third-order valence-corrected chi connectivity index (χ3v) is 8.77. The molecule has 0 aliphatic heterocycles. The molecule has 0 aliphatic rings. The fraction of sp³-hybridized carbons (Fsp3) is 0.190. The molecule has 52 heavy (non-hydrogen) atoms. The zero-order valence-corrected chi connectivity index (χ0v) is 29.6. The minimum Gasteiger partial charge on any atom is -0.497 e. The van der Waals surface area contributed by atoms with Crippen LogP contribution in [0.3, 0.4) is 0 Å². The van der Waals surface area contributed by atoms with Gasteiger partial charge in [-0.1, -0.05) is 72.8 Å². The SMILES string of the molecule is COc1ccc(N(C)C(=O)[C@H](Cc2ccccc2)NC(=O)c2ccccc2C(=O)N[C@@H](Cc2ccccc2)C(=O)N(C)c2ccc(OC)cc2)cc1. The van der Waals surface area contributed by atoms with Crippen LogP contribution in [-0.2, 0) is 22.4 Å². The van der Waals surface area contributed by atoms with Crippen molar-refractivity contribution in [2.75, 3.05) is 38.1 Å². The van der Waals surface area contributed by atoms with E-state index in [0.717, 1.165) is 11.1 Å². The third kappa shape index (κ3) is 9.22. The summed E-state index contributed by atoms with van der Waals surface area (Å²) >= 11 is 0. The van der Waals surface area contributed by atoms with Crippen molar-refractivity contribution in [2.24, 2.45) is 0 Å². The van der Waals surface area contributed by atoms with Crippen molar-refractivity contribution >= 4 is 35.0 Å². The van der Waals surface area contributed by atoms with Gasteiger partial charge in [0.05, 0.1) is 25.3 Å². The molecule has 0 saturated carbocycles.